The highest BCUT2D eigenvalue weighted by molar-refractivity contribution is 6.31. The minimum absolute atomic E-state index is 0.443. The Morgan fingerprint density at radius 2 is 2.33 bits per heavy atom. The summed E-state index contributed by atoms with van der Waals surface area (Å²) in [7, 11) is 0. The fourth-order valence-electron chi connectivity index (χ4n) is 2.60. The van der Waals surface area contributed by atoms with Gasteiger partial charge in [-0.1, -0.05) is 24.6 Å². The molecule has 1 unspecified atom stereocenters. The normalized spacial score (nSPS) is 18.1. The van der Waals surface area contributed by atoms with Gasteiger partial charge in [0.25, 0.3) is 0 Å². The first-order valence-corrected chi connectivity index (χ1v) is 8.41. The van der Waals surface area contributed by atoms with E-state index in [0.717, 1.165) is 61.9 Å². The molecule has 1 saturated heterocycles. The first-order valence-electron chi connectivity index (χ1n) is 8.03. The third kappa shape index (κ3) is 5.50. The molecule has 3 nitrogen and oxygen atoms in total. The van der Waals surface area contributed by atoms with Crippen molar-refractivity contribution in [3.8, 4) is 5.75 Å². The highest BCUT2D eigenvalue weighted by Crippen LogP contribution is 2.26. The molecule has 0 aliphatic carbocycles. The summed E-state index contributed by atoms with van der Waals surface area (Å²) in [5.74, 6) is 0.901. The molecule has 118 valence electrons. The van der Waals surface area contributed by atoms with E-state index in [0.29, 0.717) is 6.10 Å². The number of hydrogen-bond donors (Lipinski definition) is 1. The van der Waals surface area contributed by atoms with Gasteiger partial charge in [0, 0.05) is 23.7 Å². The minimum Gasteiger partial charge on any atom is -0.493 e. The predicted molar refractivity (Wildman–Crippen MR) is 87.2 cm³/mol. The first kappa shape index (κ1) is 16.6. The molecule has 0 spiro atoms. The Balaban J connectivity index is 1.79. The molecule has 0 radical (unpaired) electrons. The van der Waals surface area contributed by atoms with E-state index in [-0.39, 0.29) is 0 Å². The summed E-state index contributed by atoms with van der Waals surface area (Å²) < 4.78 is 11.6. The molecule has 1 fully saturated rings. The van der Waals surface area contributed by atoms with Crippen molar-refractivity contribution in [2.45, 2.75) is 51.7 Å². The van der Waals surface area contributed by atoms with E-state index in [9.17, 15) is 0 Å². The lowest BCUT2D eigenvalue weighted by Gasteiger charge is -2.14. The van der Waals surface area contributed by atoms with E-state index in [1.54, 1.807) is 0 Å². The van der Waals surface area contributed by atoms with Crippen molar-refractivity contribution in [2.24, 2.45) is 0 Å². The Kier molecular flexibility index (Phi) is 7.34. The van der Waals surface area contributed by atoms with Crippen LogP contribution in [-0.4, -0.2) is 25.9 Å². The van der Waals surface area contributed by atoms with Gasteiger partial charge in [0.05, 0.1) is 12.7 Å². The molecule has 1 heterocycles. The Morgan fingerprint density at radius 3 is 3.10 bits per heavy atom. The molecule has 1 aromatic carbocycles. The van der Waals surface area contributed by atoms with E-state index in [1.165, 1.54) is 12.8 Å². The zero-order valence-electron chi connectivity index (χ0n) is 12.9. The Labute approximate surface area is 133 Å². The van der Waals surface area contributed by atoms with Crippen LogP contribution in [0.25, 0.3) is 0 Å². The van der Waals surface area contributed by atoms with Crippen molar-refractivity contribution in [1.82, 2.24) is 5.32 Å². The zero-order chi connectivity index (χ0) is 14.9. The largest absolute Gasteiger partial charge is 0.493 e. The van der Waals surface area contributed by atoms with E-state index in [1.807, 2.05) is 18.2 Å². The maximum Gasteiger partial charge on any atom is 0.125 e. The number of rotatable bonds is 9. The van der Waals surface area contributed by atoms with Crippen LogP contribution in [0.5, 0.6) is 5.75 Å². The average molecular weight is 312 g/mol. The van der Waals surface area contributed by atoms with Crippen molar-refractivity contribution in [2.75, 3.05) is 19.8 Å². The van der Waals surface area contributed by atoms with Crippen LogP contribution in [0.3, 0.4) is 0 Å². The highest BCUT2D eigenvalue weighted by atomic mass is 35.5. The van der Waals surface area contributed by atoms with E-state index >= 15 is 0 Å². The van der Waals surface area contributed by atoms with Gasteiger partial charge in [-0.05, 0) is 50.8 Å². The zero-order valence-corrected chi connectivity index (χ0v) is 13.6. The van der Waals surface area contributed by atoms with E-state index < -0.39 is 0 Å². The molecule has 1 atom stereocenters. The molecule has 1 aliphatic rings. The van der Waals surface area contributed by atoms with Crippen LogP contribution in [0, 0.1) is 0 Å². The summed E-state index contributed by atoms with van der Waals surface area (Å²) in [6.45, 7) is 5.55. The highest BCUT2D eigenvalue weighted by Gasteiger charge is 2.15. The molecule has 0 saturated carbocycles. The quantitative estimate of drug-likeness (QED) is 0.694. The third-order valence-corrected chi connectivity index (χ3v) is 4.11. The van der Waals surface area contributed by atoms with Crippen LogP contribution in [0.2, 0.25) is 5.02 Å². The van der Waals surface area contributed by atoms with Gasteiger partial charge in [-0.2, -0.15) is 0 Å². The second kappa shape index (κ2) is 9.29. The van der Waals surface area contributed by atoms with Gasteiger partial charge in [0.1, 0.15) is 5.75 Å². The standard InChI is InChI=1S/C17H26ClNO2/c1-2-10-19-13-15-16(18)8-3-9-17(15)21-12-5-7-14-6-4-11-20-14/h3,8-9,14,19H,2,4-7,10-13H2,1H3. The van der Waals surface area contributed by atoms with Crippen LogP contribution < -0.4 is 10.1 Å². The summed E-state index contributed by atoms with van der Waals surface area (Å²) in [6, 6.07) is 5.87. The third-order valence-electron chi connectivity index (χ3n) is 3.76. The molecule has 0 bridgehead atoms. The Morgan fingerprint density at radius 1 is 1.43 bits per heavy atom. The van der Waals surface area contributed by atoms with Gasteiger partial charge in [0.15, 0.2) is 0 Å². The monoisotopic (exact) mass is 311 g/mol. The van der Waals surface area contributed by atoms with Crippen LogP contribution in [0.4, 0.5) is 0 Å². The van der Waals surface area contributed by atoms with Gasteiger partial charge in [-0.3, -0.25) is 0 Å². The molecule has 0 aromatic heterocycles. The van der Waals surface area contributed by atoms with Crippen LogP contribution >= 0.6 is 11.6 Å². The summed E-state index contributed by atoms with van der Waals surface area (Å²) in [6.07, 6.45) is 6.07. The second-order valence-electron chi connectivity index (χ2n) is 5.52. The molecule has 4 heteroatoms. The van der Waals surface area contributed by atoms with Crippen LogP contribution in [-0.2, 0) is 11.3 Å². The van der Waals surface area contributed by atoms with Crippen LogP contribution in [0.15, 0.2) is 18.2 Å². The molecule has 0 amide bonds. The Hall–Kier alpha value is -0.770. The SMILES string of the molecule is CCCNCc1c(Cl)cccc1OCCCC1CCCO1. The van der Waals surface area contributed by atoms with Crippen molar-refractivity contribution >= 4 is 11.6 Å². The van der Waals surface area contributed by atoms with Crippen molar-refractivity contribution in [1.29, 1.82) is 0 Å². The molecule has 2 rings (SSSR count). The molecule has 21 heavy (non-hydrogen) atoms. The first-order chi connectivity index (χ1) is 10.3. The Bertz CT molecular complexity index is 419. The van der Waals surface area contributed by atoms with Gasteiger partial charge in [-0.15, -0.1) is 0 Å². The molecule has 1 aromatic rings. The molecule has 1 aliphatic heterocycles. The number of nitrogens with one attached hydrogen (secondary N) is 1. The van der Waals surface area contributed by atoms with Crippen molar-refractivity contribution < 1.29 is 9.47 Å². The van der Waals surface area contributed by atoms with Gasteiger partial charge in [0.2, 0.25) is 0 Å². The van der Waals surface area contributed by atoms with Crippen molar-refractivity contribution in [3.63, 3.8) is 0 Å². The maximum atomic E-state index is 6.28. The van der Waals surface area contributed by atoms with Crippen LogP contribution in [0.1, 0.15) is 44.6 Å². The van der Waals surface area contributed by atoms with Gasteiger partial charge in [-0.25, -0.2) is 0 Å². The lowest BCUT2D eigenvalue weighted by molar-refractivity contribution is 0.0981. The lowest BCUT2D eigenvalue weighted by atomic mass is 10.1. The maximum absolute atomic E-state index is 6.28. The smallest absolute Gasteiger partial charge is 0.125 e. The molecular weight excluding hydrogens is 286 g/mol. The van der Waals surface area contributed by atoms with Gasteiger partial charge < -0.3 is 14.8 Å². The summed E-state index contributed by atoms with van der Waals surface area (Å²) in [5.41, 5.74) is 1.06. The van der Waals surface area contributed by atoms with Crippen molar-refractivity contribution in [3.05, 3.63) is 28.8 Å². The predicted octanol–water partition coefficient (Wildman–Crippen LogP) is 4.18. The molecular formula is C17H26ClNO2. The lowest BCUT2D eigenvalue weighted by Crippen LogP contribution is -2.15. The number of ether oxygens (including phenoxy) is 2. The van der Waals surface area contributed by atoms with Gasteiger partial charge >= 0.3 is 0 Å². The average Bonchev–Trinajstić information content (AvgIpc) is 2.99. The fraction of sp³-hybridized carbons (Fsp3) is 0.647. The topological polar surface area (TPSA) is 30.5 Å². The number of benzene rings is 1. The number of hydrogen-bond acceptors (Lipinski definition) is 3. The fourth-order valence-corrected chi connectivity index (χ4v) is 2.83. The summed E-state index contributed by atoms with van der Waals surface area (Å²) >= 11 is 6.28. The van der Waals surface area contributed by atoms with E-state index in [2.05, 4.69) is 12.2 Å². The summed E-state index contributed by atoms with van der Waals surface area (Å²) in [5, 5.41) is 4.16. The molecule has 1 N–H and O–H groups in total. The number of halogens is 1. The minimum atomic E-state index is 0.443. The summed E-state index contributed by atoms with van der Waals surface area (Å²) in [4.78, 5) is 0. The van der Waals surface area contributed by atoms with E-state index in [4.69, 9.17) is 21.1 Å². The second-order valence-corrected chi connectivity index (χ2v) is 5.93.